The molecule has 0 aliphatic carbocycles. The second kappa shape index (κ2) is 6.34. The van der Waals surface area contributed by atoms with Crippen molar-refractivity contribution < 1.29 is 9.76 Å². The number of benzene rings is 1. The second-order valence-electron chi connectivity index (χ2n) is 3.45. The predicted octanol–water partition coefficient (Wildman–Crippen LogP) is 3.66. The minimum absolute atomic E-state index is 0.0312. The molecule has 0 fully saturated rings. The van der Waals surface area contributed by atoms with Gasteiger partial charge in [0.1, 0.15) is 6.61 Å². The molecule has 0 amide bonds. The highest BCUT2D eigenvalue weighted by Crippen LogP contribution is 2.27. The van der Waals surface area contributed by atoms with Crippen LogP contribution in [0.25, 0.3) is 0 Å². The molecule has 1 aromatic carbocycles. The average Bonchev–Trinajstić information content (AvgIpc) is 2.30. The number of nitro benzene ring substituents is 1. The molecular formula is C11H13BrN2O3. The molecule has 0 aliphatic rings. The van der Waals surface area contributed by atoms with Crippen molar-refractivity contribution in [2.45, 2.75) is 26.9 Å². The van der Waals surface area contributed by atoms with Crippen molar-refractivity contribution in [2.75, 3.05) is 0 Å². The first kappa shape index (κ1) is 13.6. The van der Waals surface area contributed by atoms with Crippen LogP contribution in [0.2, 0.25) is 0 Å². The Kier molecular flexibility index (Phi) is 5.09. The zero-order chi connectivity index (χ0) is 12.8. The van der Waals surface area contributed by atoms with E-state index in [0.29, 0.717) is 10.0 Å². The van der Waals surface area contributed by atoms with E-state index in [1.54, 1.807) is 12.1 Å². The average molecular weight is 301 g/mol. The van der Waals surface area contributed by atoms with Crippen LogP contribution < -0.4 is 0 Å². The Balaban J connectivity index is 2.86. The Morgan fingerprint density at radius 2 is 2.29 bits per heavy atom. The summed E-state index contributed by atoms with van der Waals surface area (Å²) in [4.78, 5) is 15.5. The molecule has 0 unspecified atom stereocenters. The molecule has 0 N–H and O–H groups in total. The zero-order valence-electron chi connectivity index (χ0n) is 9.64. The summed E-state index contributed by atoms with van der Waals surface area (Å²) in [6.45, 7) is 3.88. The number of rotatable bonds is 5. The van der Waals surface area contributed by atoms with E-state index in [0.717, 1.165) is 12.1 Å². The molecule has 6 heteroatoms. The normalized spacial score (nSPS) is 11.4. The fourth-order valence-corrected chi connectivity index (χ4v) is 1.60. The molecule has 17 heavy (non-hydrogen) atoms. The van der Waals surface area contributed by atoms with Crippen molar-refractivity contribution in [2.24, 2.45) is 5.16 Å². The maximum Gasteiger partial charge on any atom is 0.277 e. The molecule has 0 atom stereocenters. The van der Waals surface area contributed by atoms with Gasteiger partial charge in [-0.15, -0.1) is 0 Å². The van der Waals surface area contributed by atoms with Gasteiger partial charge in [-0.1, -0.05) is 34.1 Å². The fourth-order valence-electron chi connectivity index (χ4n) is 1.13. The van der Waals surface area contributed by atoms with Crippen LogP contribution >= 0.6 is 15.9 Å². The quantitative estimate of drug-likeness (QED) is 0.473. The lowest BCUT2D eigenvalue weighted by Gasteiger charge is -2.04. The van der Waals surface area contributed by atoms with Crippen molar-refractivity contribution in [3.05, 3.63) is 38.3 Å². The van der Waals surface area contributed by atoms with Crippen molar-refractivity contribution in [1.29, 1.82) is 0 Å². The van der Waals surface area contributed by atoms with Crippen LogP contribution in [0.1, 0.15) is 25.8 Å². The first-order chi connectivity index (χ1) is 8.06. The fraction of sp³-hybridized carbons (Fsp3) is 0.364. The molecule has 0 aromatic heterocycles. The molecule has 0 aliphatic heterocycles. The molecular weight excluding hydrogens is 288 g/mol. The first-order valence-electron chi connectivity index (χ1n) is 5.13. The second-order valence-corrected chi connectivity index (χ2v) is 4.30. The summed E-state index contributed by atoms with van der Waals surface area (Å²) < 4.78 is 0.649. The summed E-state index contributed by atoms with van der Waals surface area (Å²) in [7, 11) is 0. The molecule has 0 bridgehead atoms. The minimum atomic E-state index is -0.431. The molecule has 0 saturated carbocycles. The van der Waals surface area contributed by atoms with E-state index in [4.69, 9.17) is 4.84 Å². The monoisotopic (exact) mass is 300 g/mol. The maximum atomic E-state index is 10.8. The lowest BCUT2D eigenvalue weighted by molar-refractivity contribution is -0.386. The van der Waals surface area contributed by atoms with Crippen LogP contribution in [0.3, 0.4) is 0 Å². The van der Waals surface area contributed by atoms with Gasteiger partial charge in [0.15, 0.2) is 0 Å². The first-order valence-corrected chi connectivity index (χ1v) is 5.92. The molecule has 0 spiro atoms. The maximum absolute atomic E-state index is 10.8. The highest BCUT2D eigenvalue weighted by Gasteiger charge is 2.16. The van der Waals surface area contributed by atoms with Gasteiger partial charge in [0.05, 0.1) is 16.2 Å². The third-order valence-corrected chi connectivity index (χ3v) is 2.97. The van der Waals surface area contributed by atoms with Gasteiger partial charge in [-0.3, -0.25) is 10.1 Å². The summed E-state index contributed by atoms with van der Waals surface area (Å²) in [5.41, 5.74) is 1.37. The van der Waals surface area contributed by atoms with E-state index in [9.17, 15) is 10.1 Å². The number of hydrogen-bond acceptors (Lipinski definition) is 4. The van der Waals surface area contributed by atoms with Gasteiger partial charge >= 0.3 is 0 Å². The van der Waals surface area contributed by atoms with Crippen molar-refractivity contribution >= 4 is 27.3 Å². The largest absolute Gasteiger partial charge is 0.391 e. The van der Waals surface area contributed by atoms with Gasteiger partial charge in [0.25, 0.3) is 5.69 Å². The highest BCUT2D eigenvalue weighted by atomic mass is 79.9. The number of hydrogen-bond donors (Lipinski definition) is 0. The van der Waals surface area contributed by atoms with Crippen LogP contribution in [-0.4, -0.2) is 10.6 Å². The van der Waals surface area contributed by atoms with Crippen molar-refractivity contribution in [1.82, 2.24) is 0 Å². The molecule has 5 nitrogen and oxygen atoms in total. The minimum Gasteiger partial charge on any atom is -0.391 e. The van der Waals surface area contributed by atoms with Crippen LogP contribution in [0.5, 0.6) is 0 Å². The lowest BCUT2D eigenvalue weighted by Crippen LogP contribution is -1.98. The van der Waals surface area contributed by atoms with E-state index in [-0.39, 0.29) is 12.3 Å². The predicted molar refractivity (Wildman–Crippen MR) is 69.0 cm³/mol. The Labute approximate surface area is 108 Å². The third kappa shape index (κ3) is 3.81. The third-order valence-electron chi connectivity index (χ3n) is 2.23. The van der Waals surface area contributed by atoms with E-state index in [1.165, 1.54) is 6.07 Å². The van der Waals surface area contributed by atoms with Gasteiger partial charge in [-0.2, -0.15) is 0 Å². The number of nitrogens with zero attached hydrogens (tertiary/aromatic N) is 2. The molecule has 1 aromatic rings. The van der Waals surface area contributed by atoms with Crippen LogP contribution in [0, 0.1) is 10.1 Å². The summed E-state index contributed by atoms with van der Waals surface area (Å²) in [5.74, 6) is 0. The highest BCUT2D eigenvalue weighted by molar-refractivity contribution is 9.10. The number of oxime groups is 1. The summed E-state index contributed by atoms with van der Waals surface area (Å²) in [5, 5.41) is 14.7. The van der Waals surface area contributed by atoms with Gasteiger partial charge in [-0.25, -0.2) is 0 Å². The Bertz CT molecular complexity index is 446. The van der Waals surface area contributed by atoms with Crippen LogP contribution in [0.4, 0.5) is 5.69 Å². The lowest BCUT2D eigenvalue weighted by atomic mass is 10.2. The Morgan fingerprint density at radius 3 is 2.88 bits per heavy atom. The Morgan fingerprint density at radius 1 is 1.59 bits per heavy atom. The van der Waals surface area contributed by atoms with Gasteiger partial charge in [0, 0.05) is 10.5 Å². The van der Waals surface area contributed by atoms with Gasteiger partial charge < -0.3 is 4.84 Å². The van der Waals surface area contributed by atoms with E-state index in [1.807, 2.05) is 13.8 Å². The zero-order valence-corrected chi connectivity index (χ0v) is 11.2. The molecule has 0 saturated heterocycles. The smallest absolute Gasteiger partial charge is 0.277 e. The van der Waals surface area contributed by atoms with Crippen LogP contribution in [-0.2, 0) is 11.4 Å². The standard InChI is InChI=1S/C11H13BrN2O3/c1-3-8(2)13-17-7-9-10(12)5-4-6-11(9)14(15)16/h4-6H,3,7H2,1-2H3. The molecule has 1 rings (SSSR count). The Hall–Kier alpha value is -1.43. The summed E-state index contributed by atoms with van der Waals surface area (Å²) >= 11 is 3.27. The van der Waals surface area contributed by atoms with Crippen LogP contribution in [0.15, 0.2) is 27.8 Å². The molecule has 0 radical (unpaired) electrons. The SMILES string of the molecule is CCC(C)=NOCc1c(Br)cccc1[N+](=O)[O-]. The van der Waals surface area contributed by atoms with Crippen molar-refractivity contribution in [3.63, 3.8) is 0 Å². The summed E-state index contributed by atoms with van der Waals surface area (Å²) in [6, 6.07) is 4.80. The number of nitro groups is 1. The number of halogens is 1. The summed E-state index contributed by atoms with van der Waals surface area (Å²) in [6.07, 6.45) is 0.790. The van der Waals surface area contributed by atoms with E-state index >= 15 is 0 Å². The van der Waals surface area contributed by atoms with E-state index in [2.05, 4.69) is 21.1 Å². The molecule has 0 heterocycles. The van der Waals surface area contributed by atoms with E-state index < -0.39 is 4.92 Å². The topological polar surface area (TPSA) is 64.7 Å². The van der Waals surface area contributed by atoms with Gasteiger partial charge in [0.2, 0.25) is 0 Å². The van der Waals surface area contributed by atoms with Gasteiger partial charge in [-0.05, 0) is 19.4 Å². The molecule has 92 valence electrons. The van der Waals surface area contributed by atoms with Crippen molar-refractivity contribution in [3.8, 4) is 0 Å².